The molecule has 134 valence electrons. The summed E-state index contributed by atoms with van der Waals surface area (Å²) in [6, 6.07) is 5.49. The zero-order chi connectivity index (χ0) is 17.6. The van der Waals surface area contributed by atoms with E-state index in [-0.39, 0.29) is 12.0 Å². The molecule has 1 aromatic carbocycles. The molecule has 25 heavy (non-hydrogen) atoms. The molecule has 1 aromatic heterocycles. The zero-order valence-corrected chi connectivity index (χ0v) is 16.6. The van der Waals surface area contributed by atoms with Gasteiger partial charge in [0.1, 0.15) is 4.34 Å². The molecular formula is C17H18Cl2N2O2S2. The van der Waals surface area contributed by atoms with E-state index in [0.29, 0.717) is 28.8 Å². The lowest BCUT2D eigenvalue weighted by Gasteiger charge is -2.09. The number of benzene rings is 1. The Morgan fingerprint density at radius 1 is 1.44 bits per heavy atom. The van der Waals surface area contributed by atoms with Crippen LogP contribution < -0.4 is 5.32 Å². The van der Waals surface area contributed by atoms with Crippen LogP contribution in [0.3, 0.4) is 0 Å². The van der Waals surface area contributed by atoms with E-state index >= 15 is 0 Å². The minimum atomic E-state index is -0.0157. The van der Waals surface area contributed by atoms with Gasteiger partial charge in [-0.15, -0.1) is 11.3 Å². The molecule has 8 heteroatoms. The van der Waals surface area contributed by atoms with Crippen LogP contribution in [0, 0.1) is 0 Å². The van der Waals surface area contributed by atoms with Gasteiger partial charge >= 0.3 is 0 Å². The van der Waals surface area contributed by atoms with Crippen LogP contribution in [0.25, 0.3) is 0 Å². The molecule has 2 heterocycles. The first-order valence-electron chi connectivity index (χ1n) is 7.99. The molecule has 1 atom stereocenters. The summed E-state index contributed by atoms with van der Waals surface area (Å²) in [7, 11) is 0. The normalized spacial score (nSPS) is 17.0. The average molecular weight is 417 g/mol. The number of thiazole rings is 1. The monoisotopic (exact) mass is 416 g/mol. The van der Waals surface area contributed by atoms with Gasteiger partial charge in [-0.2, -0.15) is 0 Å². The number of rotatable bonds is 7. The van der Waals surface area contributed by atoms with Crippen LogP contribution in [-0.2, 0) is 21.7 Å². The van der Waals surface area contributed by atoms with E-state index < -0.39 is 0 Å². The lowest BCUT2D eigenvalue weighted by atomic mass is 10.2. The Kier molecular flexibility index (Phi) is 7.01. The number of nitrogens with one attached hydrogen (secondary N) is 1. The Hall–Kier alpha value is -0.790. The summed E-state index contributed by atoms with van der Waals surface area (Å²) in [6.07, 6.45) is 2.55. The number of amides is 1. The number of hydrogen-bond donors (Lipinski definition) is 1. The SMILES string of the molecule is O=C(Cc1csc(SCc2ccc(Cl)cc2Cl)n1)NCC1CCCO1. The van der Waals surface area contributed by atoms with Crippen molar-refractivity contribution in [2.45, 2.75) is 35.5 Å². The Bertz CT molecular complexity index is 733. The summed E-state index contributed by atoms with van der Waals surface area (Å²) in [6.45, 7) is 1.38. The molecule has 1 saturated heterocycles. The van der Waals surface area contributed by atoms with Crippen LogP contribution in [0.4, 0.5) is 0 Å². The second-order valence-electron chi connectivity index (χ2n) is 5.75. The smallest absolute Gasteiger partial charge is 0.226 e. The van der Waals surface area contributed by atoms with Gasteiger partial charge in [0, 0.05) is 34.3 Å². The molecule has 3 rings (SSSR count). The van der Waals surface area contributed by atoms with E-state index in [4.69, 9.17) is 27.9 Å². The fourth-order valence-corrected chi connectivity index (χ4v) is 4.88. The number of carbonyl (C=O) groups excluding carboxylic acids is 1. The van der Waals surface area contributed by atoms with Crippen LogP contribution in [-0.4, -0.2) is 30.1 Å². The first-order chi connectivity index (χ1) is 12.1. The molecule has 1 unspecified atom stereocenters. The fourth-order valence-electron chi connectivity index (χ4n) is 2.47. The lowest BCUT2D eigenvalue weighted by molar-refractivity contribution is -0.121. The van der Waals surface area contributed by atoms with Gasteiger partial charge in [0.2, 0.25) is 5.91 Å². The van der Waals surface area contributed by atoms with Crippen LogP contribution in [0.2, 0.25) is 10.0 Å². The molecule has 1 aliphatic rings. The Labute approximate surface area is 165 Å². The van der Waals surface area contributed by atoms with Crippen molar-refractivity contribution in [2.24, 2.45) is 0 Å². The van der Waals surface area contributed by atoms with Crippen LogP contribution in [0.1, 0.15) is 24.1 Å². The topological polar surface area (TPSA) is 51.2 Å². The summed E-state index contributed by atoms with van der Waals surface area (Å²) in [5, 5.41) is 6.13. The summed E-state index contributed by atoms with van der Waals surface area (Å²) < 4.78 is 6.42. The molecule has 0 spiro atoms. The number of halogens is 2. The van der Waals surface area contributed by atoms with Gasteiger partial charge in [0.05, 0.1) is 18.2 Å². The van der Waals surface area contributed by atoms with E-state index in [9.17, 15) is 4.79 Å². The average Bonchev–Trinajstić information content (AvgIpc) is 3.24. The van der Waals surface area contributed by atoms with Gasteiger partial charge in [0.25, 0.3) is 0 Å². The number of nitrogens with zero attached hydrogens (tertiary/aromatic N) is 1. The lowest BCUT2D eigenvalue weighted by Crippen LogP contribution is -2.32. The van der Waals surface area contributed by atoms with Gasteiger partial charge < -0.3 is 10.1 Å². The maximum Gasteiger partial charge on any atom is 0.226 e. The highest BCUT2D eigenvalue weighted by atomic mass is 35.5. The summed E-state index contributed by atoms with van der Waals surface area (Å²) in [5.41, 5.74) is 1.81. The molecule has 0 aliphatic carbocycles. The predicted octanol–water partition coefficient (Wildman–Crippen LogP) is 4.58. The van der Waals surface area contributed by atoms with Gasteiger partial charge in [-0.25, -0.2) is 4.98 Å². The van der Waals surface area contributed by atoms with Crippen molar-refractivity contribution >= 4 is 52.2 Å². The van der Waals surface area contributed by atoms with Crippen molar-refractivity contribution in [3.8, 4) is 0 Å². The summed E-state index contributed by atoms with van der Waals surface area (Å²) in [4.78, 5) is 16.5. The van der Waals surface area contributed by atoms with Crippen molar-refractivity contribution in [1.82, 2.24) is 10.3 Å². The minimum absolute atomic E-state index is 0.0157. The predicted molar refractivity (Wildman–Crippen MR) is 104 cm³/mol. The van der Waals surface area contributed by atoms with Gasteiger partial charge in [-0.3, -0.25) is 4.79 Å². The molecule has 1 fully saturated rings. The van der Waals surface area contributed by atoms with Crippen LogP contribution >= 0.6 is 46.3 Å². The number of aromatic nitrogens is 1. The number of ether oxygens (including phenoxy) is 1. The Morgan fingerprint density at radius 2 is 2.32 bits per heavy atom. The number of carbonyl (C=O) groups is 1. The van der Waals surface area contributed by atoms with Crippen molar-refractivity contribution in [3.05, 3.63) is 44.9 Å². The fraction of sp³-hybridized carbons (Fsp3) is 0.412. The standard InChI is InChI=1S/C17H18Cl2N2O2S2/c18-12-4-3-11(15(19)6-12)9-24-17-21-13(10-25-17)7-16(22)20-8-14-2-1-5-23-14/h3-4,6,10,14H,1-2,5,7-9H2,(H,20,22). The Balaban J connectivity index is 1.45. The molecule has 4 nitrogen and oxygen atoms in total. The van der Waals surface area contributed by atoms with E-state index in [0.717, 1.165) is 35.0 Å². The third kappa shape index (κ3) is 5.86. The molecule has 0 saturated carbocycles. The second kappa shape index (κ2) is 9.24. The largest absolute Gasteiger partial charge is 0.376 e. The molecule has 0 bridgehead atoms. The third-order valence-corrected chi connectivity index (χ3v) is 6.50. The number of hydrogen-bond acceptors (Lipinski definition) is 5. The van der Waals surface area contributed by atoms with E-state index in [1.165, 1.54) is 0 Å². The third-order valence-electron chi connectivity index (χ3n) is 3.79. The van der Waals surface area contributed by atoms with Gasteiger partial charge in [-0.1, -0.05) is 41.0 Å². The second-order valence-corrected chi connectivity index (χ2v) is 8.67. The summed E-state index contributed by atoms with van der Waals surface area (Å²) in [5.74, 6) is 0.701. The number of thioether (sulfide) groups is 1. The maximum atomic E-state index is 12.0. The first-order valence-corrected chi connectivity index (χ1v) is 10.6. The molecule has 1 aliphatic heterocycles. The molecule has 0 radical (unpaired) electrons. The molecule has 1 amide bonds. The highest BCUT2D eigenvalue weighted by molar-refractivity contribution is 8.00. The van der Waals surface area contributed by atoms with Gasteiger partial charge in [-0.05, 0) is 30.5 Å². The Morgan fingerprint density at radius 3 is 3.08 bits per heavy atom. The van der Waals surface area contributed by atoms with Crippen molar-refractivity contribution < 1.29 is 9.53 Å². The first kappa shape index (κ1) is 19.0. The quantitative estimate of drug-likeness (QED) is 0.670. The van der Waals surface area contributed by atoms with Crippen LogP contribution in [0.5, 0.6) is 0 Å². The van der Waals surface area contributed by atoms with E-state index in [1.807, 2.05) is 17.5 Å². The molecular weight excluding hydrogens is 399 g/mol. The van der Waals surface area contributed by atoms with E-state index in [1.54, 1.807) is 29.2 Å². The highest BCUT2D eigenvalue weighted by Crippen LogP contribution is 2.30. The van der Waals surface area contributed by atoms with Gasteiger partial charge in [0.15, 0.2) is 0 Å². The van der Waals surface area contributed by atoms with Crippen molar-refractivity contribution in [3.63, 3.8) is 0 Å². The van der Waals surface area contributed by atoms with Crippen molar-refractivity contribution in [2.75, 3.05) is 13.2 Å². The minimum Gasteiger partial charge on any atom is -0.376 e. The molecule has 1 N–H and O–H groups in total. The van der Waals surface area contributed by atoms with Crippen molar-refractivity contribution in [1.29, 1.82) is 0 Å². The van der Waals surface area contributed by atoms with E-state index in [2.05, 4.69) is 10.3 Å². The highest BCUT2D eigenvalue weighted by Gasteiger charge is 2.16. The summed E-state index contributed by atoms with van der Waals surface area (Å²) >= 11 is 15.2. The maximum absolute atomic E-state index is 12.0. The zero-order valence-electron chi connectivity index (χ0n) is 13.5. The molecule has 2 aromatic rings. The van der Waals surface area contributed by atoms with Crippen LogP contribution in [0.15, 0.2) is 27.9 Å².